The van der Waals surface area contributed by atoms with Crippen LogP contribution >= 0.6 is 0 Å². The van der Waals surface area contributed by atoms with Gasteiger partial charge in [0.25, 0.3) is 10.0 Å². The van der Waals surface area contributed by atoms with Gasteiger partial charge in [-0.25, -0.2) is 8.42 Å². The third kappa shape index (κ3) is 5.88. The van der Waals surface area contributed by atoms with Crippen molar-refractivity contribution in [3.63, 3.8) is 0 Å². The molecule has 0 fully saturated rings. The van der Waals surface area contributed by atoms with Gasteiger partial charge in [-0.05, 0) is 61.7 Å². The van der Waals surface area contributed by atoms with Crippen LogP contribution in [0, 0.1) is 20.8 Å². The summed E-state index contributed by atoms with van der Waals surface area (Å²) in [6, 6.07) is 17.6. The third-order valence-electron chi connectivity index (χ3n) is 5.30. The molecule has 0 heterocycles. The van der Waals surface area contributed by atoms with Crippen LogP contribution in [0.25, 0.3) is 0 Å². The molecule has 0 aliphatic heterocycles. The summed E-state index contributed by atoms with van der Waals surface area (Å²) in [5.74, 6) is 0.285. The Morgan fingerprint density at radius 2 is 1.53 bits per heavy atom. The van der Waals surface area contributed by atoms with Crippen molar-refractivity contribution < 1.29 is 22.7 Å². The van der Waals surface area contributed by atoms with Gasteiger partial charge in [0.2, 0.25) is 5.91 Å². The first kappa shape index (κ1) is 25.1. The Balaban J connectivity index is 1.96. The number of hydrogen-bond acceptors (Lipinski definition) is 5. The smallest absolute Gasteiger partial charge is 0.264 e. The van der Waals surface area contributed by atoms with Gasteiger partial charge in [0.15, 0.2) is 11.5 Å². The van der Waals surface area contributed by atoms with Crippen molar-refractivity contribution in [2.75, 3.05) is 25.1 Å². The minimum Gasteiger partial charge on any atom is -0.493 e. The van der Waals surface area contributed by atoms with Gasteiger partial charge in [-0.2, -0.15) is 0 Å². The molecule has 3 aromatic rings. The van der Waals surface area contributed by atoms with Gasteiger partial charge in [0.05, 0.1) is 24.8 Å². The second-order valence-electron chi connectivity index (χ2n) is 8.14. The number of sulfonamides is 1. The van der Waals surface area contributed by atoms with E-state index in [4.69, 9.17) is 9.47 Å². The summed E-state index contributed by atoms with van der Waals surface area (Å²) in [7, 11) is -1.18. The van der Waals surface area contributed by atoms with Gasteiger partial charge in [-0.15, -0.1) is 0 Å². The highest BCUT2D eigenvalue weighted by molar-refractivity contribution is 7.92. The molecule has 3 rings (SSSR count). The average Bonchev–Trinajstić information content (AvgIpc) is 2.80. The maximum absolute atomic E-state index is 13.7. The number of aryl methyl sites for hydroxylation is 3. The van der Waals surface area contributed by atoms with E-state index in [2.05, 4.69) is 5.32 Å². The highest BCUT2D eigenvalue weighted by Gasteiger charge is 2.28. The number of nitrogens with one attached hydrogen (secondary N) is 1. The van der Waals surface area contributed by atoms with Gasteiger partial charge in [-0.3, -0.25) is 9.10 Å². The molecule has 0 bridgehead atoms. The van der Waals surface area contributed by atoms with Gasteiger partial charge < -0.3 is 14.8 Å². The molecule has 0 spiro atoms. The van der Waals surface area contributed by atoms with Crippen LogP contribution in [0.3, 0.4) is 0 Å². The normalized spacial score (nSPS) is 11.1. The average molecular weight is 483 g/mol. The maximum atomic E-state index is 13.7. The van der Waals surface area contributed by atoms with E-state index in [0.29, 0.717) is 18.0 Å². The quantitative estimate of drug-likeness (QED) is 0.496. The van der Waals surface area contributed by atoms with E-state index < -0.39 is 15.9 Å². The molecule has 0 aliphatic carbocycles. The zero-order valence-electron chi connectivity index (χ0n) is 20.1. The first-order chi connectivity index (χ1) is 16.1. The number of methoxy groups -OCH3 is 2. The molecule has 0 radical (unpaired) electrons. The van der Waals surface area contributed by atoms with Crippen LogP contribution in [0.4, 0.5) is 5.69 Å². The largest absolute Gasteiger partial charge is 0.493 e. The second kappa shape index (κ2) is 10.6. The number of hydrogen-bond donors (Lipinski definition) is 1. The van der Waals surface area contributed by atoms with Crippen molar-refractivity contribution in [2.45, 2.75) is 32.2 Å². The summed E-state index contributed by atoms with van der Waals surface area (Å²) in [6.07, 6.45) is 0. The van der Waals surface area contributed by atoms with Gasteiger partial charge in [-0.1, -0.05) is 35.9 Å². The third-order valence-corrected chi connectivity index (χ3v) is 7.07. The molecule has 0 saturated heterocycles. The number of rotatable bonds is 9. The zero-order chi connectivity index (χ0) is 24.9. The van der Waals surface area contributed by atoms with Crippen molar-refractivity contribution in [2.24, 2.45) is 0 Å². The molecular formula is C26H30N2O5S. The Labute approximate surface area is 201 Å². The predicted octanol–water partition coefficient (Wildman–Crippen LogP) is 4.14. The lowest BCUT2D eigenvalue weighted by molar-refractivity contribution is -0.119. The van der Waals surface area contributed by atoms with Crippen LogP contribution in [0.1, 0.15) is 22.3 Å². The number of ether oxygens (including phenoxy) is 2. The molecule has 0 atom stereocenters. The van der Waals surface area contributed by atoms with E-state index in [1.807, 2.05) is 51.1 Å². The summed E-state index contributed by atoms with van der Waals surface area (Å²) >= 11 is 0. The number of carbonyl (C=O) groups is 1. The fourth-order valence-electron chi connectivity index (χ4n) is 3.72. The maximum Gasteiger partial charge on any atom is 0.264 e. The Kier molecular flexibility index (Phi) is 7.83. The van der Waals surface area contributed by atoms with Crippen LogP contribution in [-0.2, 0) is 21.4 Å². The van der Waals surface area contributed by atoms with Crippen molar-refractivity contribution in [3.05, 3.63) is 82.9 Å². The van der Waals surface area contributed by atoms with Gasteiger partial charge in [0.1, 0.15) is 6.54 Å². The number of benzene rings is 3. The fourth-order valence-corrected chi connectivity index (χ4v) is 5.14. The fraction of sp³-hybridized carbons (Fsp3) is 0.269. The van der Waals surface area contributed by atoms with Crippen LogP contribution in [0.5, 0.6) is 11.5 Å². The highest BCUT2D eigenvalue weighted by Crippen LogP contribution is 2.32. The van der Waals surface area contributed by atoms with Crippen molar-refractivity contribution in [1.82, 2.24) is 5.32 Å². The topological polar surface area (TPSA) is 84.9 Å². The Bertz CT molecular complexity index is 1270. The SMILES string of the molecule is COc1ccc(S(=O)(=O)N(CC(=O)NCc2cccc(C)c2)c2cc(C)cc(C)c2)cc1OC. The molecule has 1 amide bonds. The van der Waals surface area contributed by atoms with Gasteiger partial charge in [0, 0.05) is 12.6 Å². The van der Waals surface area contributed by atoms with E-state index in [1.165, 1.54) is 32.4 Å². The predicted molar refractivity (Wildman–Crippen MR) is 133 cm³/mol. The molecule has 0 aromatic heterocycles. The van der Waals surface area contributed by atoms with Crippen LogP contribution in [-0.4, -0.2) is 35.1 Å². The molecule has 0 unspecified atom stereocenters. The Hall–Kier alpha value is -3.52. The number of nitrogens with zero attached hydrogens (tertiary/aromatic N) is 1. The summed E-state index contributed by atoms with van der Waals surface area (Å²) in [5.41, 5.74) is 4.22. The first-order valence-electron chi connectivity index (χ1n) is 10.8. The van der Waals surface area contributed by atoms with Crippen LogP contribution < -0.4 is 19.1 Å². The molecule has 180 valence electrons. The standard InChI is InChI=1S/C26H30N2O5S/c1-18-7-6-8-21(12-18)16-27-26(29)17-28(22-13-19(2)11-20(3)14-22)34(30,31)23-9-10-24(32-4)25(15-23)33-5/h6-15H,16-17H2,1-5H3,(H,27,29). The Morgan fingerprint density at radius 1 is 0.853 bits per heavy atom. The monoisotopic (exact) mass is 482 g/mol. The number of anilines is 1. The van der Waals surface area contributed by atoms with Crippen molar-refractivity contribution >= 4 is 21.6 Å². The molecule has 1 N–H and O–H groups in total. The number of amides is 1. The summed E-state index contributed by atoms with van der Waals surface area (Å²) < 4.78 is 39.1. The summed E-state index contributed by atoms with van der Waals surface area (Å²) in [5, 5.41) is 2.83. The van der Waals surface area contributed by atoms with E-state index in [9.17, 15) is 13.2 Å². The zero-order valence-corrected chi connectivity index (χ0v) is 20.9. The molecule has 0 aliphatic rings. The second-order valence-corrected chi connectivity index (χ2v) is 10.0. The Morgan fingerprint density at radius 3 is 2.15 bits per heavy atom. The number of carbonyl (C=O) groups excluding carboxylic acids is 1. The summed E-state index contributed by atoms with van der Waals surface area (Å²) in [4.78, 5) is 12.9. The molecule has 3 aromatic carbocycles. The van der Waals surface area contributed by atoms with Crippen LogP contribution in [0.2, 0.25) is 0 Å². The lowest BCUT2D eigenvalue weighted by Gasteiger charge is -2.25. The lowest BCUT2D eigenvalue weighted by Crippen LogP contribution is -2.40. The van der Waals surface area contributed by atoms with E-state index >= 15 is 0 Å². The first-order valence-corrected chi connectivity index (χ1v) is 12.2. The van der Waals surface area contributed by atoms with E-state index in [-0.39, 0.29) is 17.2 Å². The van der Waals surface area contributed by atoms with Crippen molar-refractivity contribution in [1.29, 1.82) is 0 Å². The minimum atomic E-state index is -4.09. The molecular weight excluding hydrogens is 452 g/mol. The van der Waals surface area contributed by atoms with E-state index in [0.717, 1.165) is 26.6 Å². The lowest BCUT2D eigenvalue weighted by atomic mass is 10.1. The molecule has 0 saturated carbocycles. The van der Waals surface area contributed by atoms with Gasteiger partial charge >= 0.3 is 0 Å². The van der Waals surface area contributed by atoms with E-state index in [1.54, 1.807) is 12.1 Å². The molecule has 34 heavy (non-hydrogen) atoms. The summed E-state index contributed by atoms with van der Waals surface area (Å²) in [6.45, 7) is 5.68. The molecule has 7 nitrogen and oxygen atoms in total. The van der Waals surface area contributed by atoms with Crippen LogP contribution in [0.15, 0.2) is 65.6 Å². The highest BCUT2D eigenvalue weighted by atomic mass is 32.2. The van der Waals surface area contributed by atoms with Crippen molar-refractivity contribution in [3.8, 4) is 11.5 Å². The minimum absolute atomic E-state index is 0.00390. The molecule has 8 heteroatoms.